The van der Waals surface area contributed by atoms with Gasteiger partial charge in [-0.25, -0.2) is 9.59 Å². The third-order valence-electron chi connectivity index (χ3n) is 5.61. The maximum atomic E-state index is 13.4. The lowest BCUT2D eigenvalue weighted by molar-refractivity contribution is -0.148. The molecule has 11 heteroatoms. The highest BCUT2D eigenvalue weighted by atomic mass is 16.6. The van der Waals surface area contributed by atoms with Crippen LogP contribution in [0.1, 0.15) is 79.1 Å². The third-order valence-corrected chi connectivity index (χ3v) is 5.61. The van der Waals surface area contributed by atoms with Gasteiger partial charge in [-0.1, -0.05) is 0 Å². The van der Waals surface area contributed by atoms with E-state index in [0.717, 1.165) is 6.42 Å². The molecule has 11 nitrogen and oxygen atoms in total. The Morgan fingerprint density at radius 1 is 0.971 bits per heavy atom. The molecule has 0 radical (unpaired) electrons. The second-order valence-electron chi connectivity index (χ2n) is 9.77. The number of nitrogens with one attached hydrogen (secondary N) is 2. The lowest BCUT2D eigenvalue weighted by Gasteiger charge is -2.30. The van der Waals surface area contributed by atoms with Crippen LogP contribution in [0.3, 0.4) is 0 Å². The molecule has 3 amide bonds. The molecule has 1 aliphatic heterocycles. The van der Waals surface area contributed by atoms with E-state index in [4.69, 9.17) is 20.9 Å². The summed E-state index contributed by atoms with van der Waals surface area (Å²) in [4.78, 5) is 52.8. The normalized spacial score (nSPS) is 17.4. The Morgan fingerprint density at radius 3 is 2.11 bits per heavy atom. The van der Waals surface area contributed by atoms with E-state index in [1.807, 2.05) is 0 Å². The first kappa shape index (κ1) is 30.6. The van der Waals surface area contributed by atoms with E-state index in [-0.39, 0.29) is 12.5 Å². The third kappa shape index (κ3) is 11.3. The fraction of sp³-hybridized carbons (Fsp3) is 0.833. The lowest BCUT2D eigenvalue weighted by Crippen LogP contribution is -2.55. The summed E-state index contributed by atoms with van der Waals surface area (Å²) in [6.07, 6.45) is 3.94. The van der Waals surface area contributed by atoms with Crippen molar-refractivity contribution >= 4 is 23.9 Å². The Balaban J connectivity index is 2.93. The maximum Gasteiger partial charge on any atom is 0.408 e. The van der Waals surface area contributed by atoms with Crippen LogP contribution in [-0.2, 0) is 23.9 Å². The van der Waals surface area contributed by atoms with Crippen LogP contribution >= 0.6 is 0 Å². The second-order valence-corrected chi connectivity index (χ2v) is 9.77. The van der Waals surface area contributed by atoms with Gasteiger partial charge in [-0.15, -0.1) is 0 Å². The van der Waals surface area contributed by atoms with Crippen LogP contribution in [0.2, 0.25) is 0 Å². The van der Waals surface area contributed by atoms with Gasteiger partial charge in [0, 0.05) is 6.54 Å². The lowest BCUT2D eigenvalue weighted by atomic mass is 10.1. The van der Waals surface area contributed by atoms with Gasteiger partial charge in [0.15, 0.2) is 0 Å². The fourth-order valence-corrected chi connectivity index (χ4v) is 3.96. The van der Waals surface area contributed by atoms with E-state index in [0.29, 0.717) is 64.6 Å². The molecule has 1 saturated heterocycles. The molecule has 0 unspecified atom stereocenters. The van der Waals surface area contributed by atoms with Crippen molar-refractivity contribution in [2.75, 3.05) is 26.2 Å². The first-order valence-corrected chi connectivity index (χ1v) is 12.7. The summed E-state index contributed by atoms with van der Waals surface area (Å²) >= 11 is 0. The zero-order valence-corrected chi connectivity index (χ0v) is 21.8. The SMILES string of the molecule is CCOC(=O)[C@H](CCCCN)NC(=O)[C@@H]1CCCN1C(=O)[C@H](CCCCN)NC(=O)OC(C)(C)C. The monoisotopic (exact) mass is 499 g/mol. The number of hydrogen-bond donors (Lipinski definition) is 4. The van der Waals surface area contributed by atoms with Crippen LogP contribution in [0.4, 0.5) is 4.79 Å². The van der Waals surface area contributed by atoms with Gasteiger partial charge in [0.05, 0.1) is 6.61 Å². The Morgan fingerprint density at radius 2 is 1.57 bits per heavy atom. The Hall–Kier alpha value is -2.40. The number of carbonyl (C=O) groups is 4. The summed E-state index contributed by atoms with van der Waals surface area (Å²) in [5, 5.41) is 5.44. The molecular formula is C24H45N5O6. The summed E-state index contributed by atoms with van der Waals surface area (Å²) in [7, 11) is 0. The molecule has 1 rings (SSSR count). The molecule has 3 atom stereocenters. The average molecular weight is 500 g/mol. The number of hydrogen-bond acceptors (Lipinski definition) is 8. The van der Waals surface area contributed by atoms with E-state index in [2.05, 4.69) is 10.6 Å². The van der Waals surface area contributed by atoms with E-state index >= 15 is 0 Å². The molecule has 1 aliphatic rings. The molecular weight excluding hydrogens is 454 g/mol. The highest BCUT2D eigenvalue weighted by Crippen LogP contribution is 2.21. The predicted molar refractivity (Wildman–Crippen MR) is 132 cm³/mol. The smallest absolute Gasteiger partial charge is 0.408 e. The van der Waals surface area contributed by atoms with E-state index < -0.39 is 41.7 Å². The molecule has 35 heavy (non-hydrogen) atoms. The molecule has 0 aromatic rings. The molecule has 0 aromatic carbocycles. The van der Waals surface area contributed by atoms with E-state index in [1.54, 1.807) is 27.7 Å². The van der Waals surface area contributed by atoms with Gasteiger partial charge < -0.3 is 36.5 Å². The number of amides is 3. The Kier molecular flexibility index (Phi) is 13.6. The van der Waals surface area contributed by atoms with Gasteiger partial charge in [0.25, 0.3) is 0 Å². The van der Waals surface area contributed by atoms with Gasteiger partial charge >= 0.3 is 12.1 Å². The molecule has 6 N–H and O–H groups in total. The second kappa shape index (κ2) is 15.6. The van der Waals surface area contributed by atoms with Crippen molar-refractivity contribution in [3.8, 4) is 0 Å². The molecule has 0 aliphatic carbocycles. The minimum absolute atomic E-state index is 0.205. The van der Waals surface area contributed by atoms with Crippen LogP contribution in [-0.4, -0.2) is 78.7 Å². The van der Waals surface area contributed by atoms with Crippen molar-refractivity contribution in [3.63, 3.8) is 0 Å². The number of unbranched alkanes of at least 4 members (excludes halogenated alkanes) is 2. The minimum Gasteiger partial charge on any atom is -0.464 e. The number of rotatable bonds is 14. The number of alkyl carbamates (subject to hydrolysis) is 1. The summed E-state index contributed by atoms with van der Waals surface area (Å²) in [5.41, 5.74) is 10.4. The van der Waals surface area contributed by atoms with E-state index in [1.165, 1.54) is 4.90 Å². The van der Waals surface area contributed by atoms with E-state index in [9.17, 15) is 19.2 Å². The van der Waals surface area contributed by atoms with Gasteiger partial charge in [0.1, 0.15) is 23.7 Å². The summed E-state index contributed by atoms with van der Waals surface area (Å²) < 4.78 is 10.4. The number of nitrogens with zero attached hydrogens (tertiary/aromatic N) is 1. The zero-order chi connectivity index (χ0) is 26.4. The quantitative estimate of drug-likeness (QED) is 0.204. The van der Waals surface area contributed by atoms with Crippen LogP contribution in [0.25, 0.3) is 0 Å². The van der Waals surface area contributed by atoms with Crippen molar-refractivity contribution in [2.45, 2.75) is 103 Å². The molecule has 0 bridgehead atoms. The van der Waals surface area contributed by atoms with Gasteiger partial charge in [-0.2, -0.15) is 0 Å². The fourth-order valence-electron chi connectivity index (χ4n) is 3.96. The number of esters is 1. The number of ether oxygens (including phenoxy) is 2. The summed E-state index contributed by atoms with van der Waals surface area (Å²) in [6, 6.07) is -2.37. The zero-order valence-electron chi connectivity index (χ0n) is 21.8. The topological polar surface area (TPSA) is 166 Å². The first-order valence-electron chi connectivity index (χ1n) is 12.7. The maximum absolute atomic E-state index is 13.4. The predicted octanol–water partition coefficient (Wildman–Crippen LogP) is 1.18. The van der Waals surface area contributed by atoms with Crippen LogP contribution in [0.15, 0.2) is 0 Å². The molecule has 0 saturated carbocycles. The molecule has 1 fully saturated rings. The Labute approximate surface area is 209 Å². The number of nitrogens with two attached hydrogens (primary N) is 2. The number of likely N-dealkylation sites (tertiary alicyclic amines) is 1. The highest BCUT2D eigenvalue weighted by molar-refractivity contribution is 5.93. The number of carbonyl (C=O) groups excluding carboxylic acids is 4. The molecule has 1 heterocycles. The van der Waals surface area contributed by atoms with Gasteiger partial charge in [-0.05, 0) is 92.2 Å². The standard InChI is InChI=1S/C24H45N5O6/c1-5-34-22(32)18(12-7-9-15-26)27-20(30)19-13-10-16-29(19)21(31)17(11-6-8-14-25)28-23(33)35-24(2,3)4/h17-19H,5-16,25-26H2,1-4H3,(H,27,30)(H,28,33)/t17-,18-,19-/m0/s1. The van der Waals surface area contributed by atoms with Gasteiger partial charge in [0.2, 0.25) is 11.8 Å². The van der Waals surface area contributed by atoms with Crippen LogP contribution in [0.5, 0.6) is 0 Å². The van der Waals surface area contributed by atoms with Crippen molar-refractivity contribution < 1.29 is 28.7 Å². The molecule has 0 spiro atoms. The van der Waals surface area contributed by atoms with Crippen molar-refractivity contribution in [3.05, 3.63) is 0 Å². The minimum atomic E-state index is -0.838. The molecule has 202 valence electrons. The molecule has 0 aromatic heterocycles. The summed E-state index contributed by atoms with van der Waals surface area (Å²) in [5.74, 6) is -1.25. The largest absolute Gasteiger partial charge is 0.464 e. The van der Waals surface area contributed by atoms with Crippen LogP contribution in [0, 0.1) is 0 Å². The first-order chi connectivity index (χ1) is 16.5. The Bertz CT molecular complexity index is 696. The van der Waals surface area contributed by atoms with Crippen molar-refractivity contribution in [1.82, 2.24) is 15.5 Å². The highest BCUT2D eigenvalue weighted by Gasteiger charge is 2.39. The van der Waals surface area contributed by atoms with Gasteiger partial charge in [-0.3, -0.25) is 9.59 Å². The van der Waals surface area contributed by atoms with Crippen molar-refractivity contribution in [1.29, 1.82) is 0 Å². The van der Waals surface area contributed by atoms with Crippen molar-refractivity contribution in [2.24, 2.45) is 11.5 Å². The van der Waals surface area contributed by atoms with Crippen LogP contribution < -0.4 is 22.1 Å². The average Bonchev–Trinajstić information content (AvgIpc) is 3.26. The summed E-state index contributed by atoms with van der Waals surface area (Å²) in [6.45, 7) is 8.49.